The van der Waals surface area contributed by atoms with Gasteiger partial charge in [-0.2, -0.15) is 5.10 Å². The average Bonchev–Trinajstić information content (AvgIpc) is 3.01. The van der Waals surface area contributed by atoms with Gasteiger partial charge < -0.3 is 4.52 Å². The number of rotatable bonds is 3. The van der Waals surface area contributed by atoms with Gasteiger partial charge in [0.2, 0.25) is 5.58 Å². The minimum absolute atomic E-state index is 0.249. The molecule has 0 spiro atoms. The fraction of sp³-hybridized carbons (Fsp3) is 0.105. The van der Waals surface area contributed by atoms with E-state index in [1.54, 1.807) is 31.2 Å². The summed E-state index contributed by atoms with van der Waals surface area (Å²) in [5, 5.41) is 9.25. The summed E-state index contributed by atoms with van der Waals surface area (Å²) in [6.45, 7) is 1.94. The molecule has 7 heteroatoms. The van der Waals surface area contributed by atoms with Crippen LogP contribution in [-0.2, 0) is 6.54 Å². The van der Waals surface area contributed by atoms with Crippen molar-refractivity contribution in [3.63, 3.8) is 0 Å². The SMILES string of the molecule is Cc1noc2c(-c3cccc(F)c3)nn(Cc3ccc(Cl)cc3)c(=O)c12. The van der Waals surface area contributed by atoms with Crippen molar-refractivity contribution in [1.29, 1.82) is 0 Å². The Bertz CT molecular complexity index is 1170. The lowest BCUT2D eigenvalue weighted by Crippen LogP contribution is -2.24. The lowest BCUT2D eigenvalue weighted by molar-refractivity contribution is 0.449. The number of nitrogens with zero attached hydrogens (tertiary/aromatic N) is 3. The maximum absolute atomic E-state index is 13.7. The summed E-state index contributed by atoms with van der Waals surface area (Å²) < 4.78 is 20.3. The molecule has 4 rings (SSSR count). The predicted octanol–water partition coefficient (Wildman–Crippen LogP) is 4.20. The fourth-order valence-corrected chi connectivity index (χ4v) is 2.94. The van der Waals surface area contributed by atoms with E-state index >= 15 is 0 Å². The molecular formula is C19H13ClFN3O2. The molecule has 0 amide bonds. The van der Waals surface area contributed by atoms with Gasteiger partial charge in [-0.1, -0.05) is 41.0 Å². The number of hydrogen-bond donors (Lipinski definition) is 0. The Morgan fingerprint density at radius 3 is 2.69 bits per heavy atom. The zero-order valence-electron chi connectivity index (χ0n) is 13.7. The van der Waals surface area contributed by atoms with Crippen molar-refractivity contribution < 1.29 is 8.91 Å². The highest BCUT2D eigenvalue weighted by atomic mass is 35.5. The molecule has 2 aromatic carbocycles. The molecule has 0 aliphatic rings. The minimum atomic E-state index is -0.399. The summed E-state index contributed by atoms with van der Waals surface area (Å²) in [6.07, 6.45) is 0. The van der Waals surface area contributed by atoms with Crippen molar-refractivity contribution in [3.8, 4) is 11.3 Å². The van der Waals surface area contributed by atoms with Gasteiger partial charge in [-0.3, -0.25) is 4.79 Å². The average molecular weight is 370 g/mol. The van der Waals surface area contributed by atoms with Gasteiger partial charge in [0.1, 0.15) is 16.9 Å². The molecule has 5 nitrogen and oxygen atoms in total. The smallest absolute Gasteiger partial charge is 0.280 e. The lowest BCUT2D eigenvalue weighted by atomic mass is 10.1. The first-order valence-electron chi connectivity index (χ1n) is 7.90. The third-order valence-corrected chi connectivity index (χ3v) is 4.34. The molecule has 0 saturated carbocycles. The number of fused-ring (bicyclic) bond motifs is 1. The van der Waals surface area contributed by atoms with Gasteiger partial charge in [-0.15, -0.1) is 0 Å². The number of hydrogen-bond acceptors (Lipinski definition) is 4. The maximum atomic E-state index is 13.7. The van der Waals surface area contributed by atoms with Gasteiger partial charge in [0, 0.05) is 10.6 Å². The van der Waals surface area contributed by atoms with E-state index in [2.05, 4.69) is 10.3 Å². The predicted molar refractivity (Wildman–Crippen MR) is 96.7 cm³/mol. The van der Waals surface area contributed by atoms with Crippen molar-refractivity contribution in [1.82, 2.24) is 14.9 Å². The summed E-state index contributed by atoms with van der Waals surface area (Å²) >= 11 is 5.91. The van der Waals surface area contributed by atoms with Gasteiger partial charge in [-0.25, -0.2) is 9.07 Å². The van der Waals surface area contributed by atoms with E-state index in [-0.39, 0.29) is 17.7 Å². The maximum Gasteiger partial charge on any atom is 0.280 e. The van der Waals surface area contributed by atoms with Crippen molar-refractivity contribution >= 4 is 22.6 Å². The van der Waals surface area contributed by atoms with Crippen LogP contribution in [-0.4, -0.2) is 14.9 Å². The number of halogens is 2. The van der Waals surface area contributed by atoms with E-state index in [0.717, 1.165) is 5.56 Å². The highest BCUT2D eigenvalue weighted by molar-refractivity contribution is 6.30. The standard InChI is InChI=1S/C19H13ClFN3O2/c1-11-16-18(26-23-11)17(13-3-2-4-15(21)9-13)22-24(19(16)25)10-12-5-7-14(20)8-6-12/h2-9H,10H2,1H3. The van der Waals surface area contributed by atoms with Crippen molar-refractivity contribution in [2.45, 2.75) is 13.5 Å². The quantitative estimate of drug-likeness (QED) is 0.543. The van der Waals surface area contributed by atoms with E-state index in [9.17, 15) is 9.18 Å². The van der Waals surface area contributed by atoms with Crippen LogP contribution in [0.1, 0.15) is 11.3 Å². The highest BCUT2D eigenvalue weighted by Crippen LogP contribution is 2.26. The van der Waals surface area contributed by atoms with Crippen molar-refractivity contribution in [2.75, 3.05) is 0 Å². The molecule has 130 valence electrons. The third-order valence-electron chi connectivity index (χ3n) is 4.09. The van der Waals surface area contributed by atoms with Crippen LogP contribution in [0.15, 0.2) is 57.8 Å². The Morgan fingerprint density at radius 2 is 1.96 bits per heavy atom. The molecule has 0 N–H and O–H groups in total. The molecule has 2 aromatic heterocycles. The van der Waals surface area contributed by atoms with Crippen LogP contribution in [0, 0.1) is 12.7 Å². The topological polar surface area (TPSA) is 60.9 Å². The largest absolute Gasteiger partial charge is 0.353 e. The second kappa shape index (κ2) is 6.38. The van der Waals surface area contributed by atoms with Crippen LogP contribution >= 0.6 is 11.6 Å². The Hall–Kier alpha value is -2.99. The second-order valence-corrected chi connectivity index (χ2v) is 6.36. The first kappa shape index (κ1) is 16.5. The van der Waals surface area contributed by atoms with Crippen LogP contribution in [0.2, 0.25) is 5.02 Å². The van der Waals surface area contributed by atoms with Gasteiger partial charge in [-0.05, 0) is 36.8 Å². The van der Waals surface area contributed by atoms with E-state index in [0.29, 0.717) is 27.4 Å². The first-order chi connectivity index (χ1) is 12.5. The van der Waals surface area contributed by atoms with Crippen LogP contribution < -0.4 is 5.56 Å². The molecule has 0 bridgehead atoms. The van der Waals surface area contributed by atoms with Gasteiger partial charge in [0.15, 0.2) is 0 Å². The van der Waals surface area contributed by atoms with Gasteiger partial charge in [0.25, 0.3) is 5.56 Å². The monoisotopic (exact) mass is 369 g/mol. The van der Waals surface area contributed by atoms with Crippen LogP contribution in [0.25, 0.3) is 22.2 Å². The molecule has 0 radical (unpaired) electrons. The zero-order chi connectivity index (χ0) is 18.3. The normalized spacial score (nSPS) is 11.2. The molecule has 0 aliphatic heterocycles. The van der Waals surface area contributed by atoms with E-state index in [4.69, 9.17) is 16.1 Å². The summed E-state index contributed by atoms with van der Waals surface area (Å²) in [6, 6.07) is 13.1. The van der Waals surface area contributed by atoms with Gasteiger partial charge in [0.05, 0.1) is 12.2 Å². The van der Waals surface area contributed by atoms with E-state index < -0.39 is 5.82 Å². The molecular weight excluding hydrogens is 357 g/mol. The van der Waals surface area contributed by atoms with E-state index in [1.165, 1.54) is 16.8 Å². The first-order valence-corrected chi connectivity index (χ1v) is 8.28. The molecule has 0 atom stereocenters. The van der Waals surface area contributed by atoms with E-state index in [1.807, 2.05) is 12.1 Å². The lowest BCUT2D eigenvalue weighted by Gasteiger charge is -2.09. The molecule has 2 heterocycles. The summed E-state index contributed by atoms with van der Waals surface area (Å²) in [5.41, 5.74) is 2.15. The molecule has 0 saturated heterocycles. The zero-order valence-corrected chi connectivity index (χ0v) is 14.5. The molecule has 0 unspecified atom stereocenters. The van der Waals surface area contributed by atoms with Crippen molar-refractivity contribution in [3.05, 3.63) is 81.0 Å². The second-order valence-electron chi connectivity index (χ2n) is 5.92. The number of aryl methyl sites for hydroxylation is 1. The minimum Gasteiger partial charge on any atom is -0.353 e. The Labute approximate surface area is 152 Å². The van der Waals surface area contributed by atoms with Crippen molar-refractivity contribution in [2.24, 2.45) is 0 Å². The Balaban J connectivity index is 1.93. The molecule has 0 fully saturated rings. The Morgan fingerprint density at radius 1 is 1.19 bits per heavy atom. The van der Waals surface area contributed by atoms with Crippen LogP contribution in [0.5, 0.6) is 0 Å². The van der Waals surface area contributed by atoms with Crippen LogP contribution in [0.4, 0.5) is 4.39 Å². The third kappa shape index (κ3) is 2.88. The Kier molecular flexibility index (Phi) is 4.05. The number of benzene rings is 2. The molecule has 26 heavy (non-hydrogen) atoms. The summed E-state index contributed by atoms with van der Waals surface area (Å²) in [4.78, 5) is 12.8. The fourth-order valence-electron chi connectivity index (χ4n) is 2.82. The molecule has 4 aromatic rings. The molecule has 0 aliphatic carbocycles. The summed E-state index contributed by atoms with van der Waals surface area (Å²) in [7, 11) is 0. The summed E-state index contributed by atoms with van der Waals surface area (Å²) in [5.74, 6) is -0.399. The van der Waals surface area contributed by atoms with Gasteiger partial charge >= 0.3 is 0 Å². The highest BCUT2D eigenvalue weighted by Gasteiger charge is 2.19. The van der Waals surface area contributed by atoms with Crippen LogP contribution in [0.3, 0.4) is 0 Å². The number of aromatic nitrogens is 3.